The summed E-state index contributed by atoms with van der Waals surface area (Å²) >= 11 is 7.82. The molecule has 0 atom stereocenters. The van der Waals surface area contributed by atoms with Gasteiger partial charge in [0.1, 0.15) is 6.07 Å². The molecule has 0 aliphatic carbocycles. The highest BCUT2D eigenvalue weighted by atomic mass is 35.5. The summed E-state index contributed by atoms with van der Waals surface area (Å²) in [6.45, 7) is 10.3. The highest BCUT2D eigenvalue weighted by Gasteiger charge is 2.16. The molecule has 0 saturated heterocycles. The predicted molar refractivity (Wildman–Crippen MR) is 110 cm³/mol. The fraction of sp³-hybridized carbons (Fsp3) is 0.100. The lowest BCUT2D eigenvalue weighted by molar-refractivity contribution is 0.675. The third-order valence-electron chi connectivity index (χ3n) is 4.16. The van der Waals surface area contributed by atoms with Crippen LogP contribution in [0.25, 0.3) is 23.3 Å². The molecule has 130 valence electrons. The van der Waals surface area contributed by atoms with Crippen LogP contribution in [0.2, 0.25) is 5.02 Å². The van der Waals surface area contributed by atoms with Gasteiger partial charge in [0.05, 0.1) is 17.1 Å². The molecular weight excluding hydrogens is 364 g/mol. The van der Waals surface area contributed by atoms with Crippen LogP contribution in [0.4, 0.5) is 5.82 Å². The fourth-order valence-electron chi connectivity index (χ4n) is 2.86. The first-order chi connectivity index (χ1) is 12.5. The van der Waals surface area contributed by atoms with Gasteiger partial charge < -0.3 is 5.73 Å². The molecule has 0 spiro atoms. The maximum Gasteiger partial charge on any atom is 0.153 e. The number of nitrogen functional groups attached to an aromatic ring is 1. The Kier molecular flexibility index (Phi) is 4.99. The maximum absolute atomic E-state index is 9.03. The highest BCUT2D eigenvalue weighted by molar-refractivity contribution is 7.13. The van der Waals surface area contributed by atoms with E-state index < -0.39 is 0 Å². The van der Waals surface area contributed by atoms with E-state index in [1.54, 1.807) is 23.5 Å². The van der Waals surface area contributed by atoms with Crippen LogP contribution in [0.3, 0.4) is 0 Å². The van der Waals surface area contributed by atoms with Crippen molar-refractivity contribution in [3.63, 3.8) is 0 Å². The van der Waals surface area contributed by atoms with Gasteiger partial charge in [-0.2, -0.15) is 10.4 Å². The summed E-state index contributed by atoms with van der Waals surface area (Å²) in [5.41, 5.74) is 10.3. The Hall–Kier alpha value is -2.81. The number of rotatable bonds is 5. The summed E-state index contributed by atoms with van der Waals surface area (Å²) in [6, 6.07) is 9.43. The molecule has 0 aliphatic heterocycles. The topological polar surface area (TPSA) is 67.6 Å². The number of benzene rings is 1. The van der Waals surface area contributed by atoms with Gasteiger partial charge >= 0.3 is 0 Å². The zero-order valence-corrected chi connectivity index (χ0v) is 15.9. The molecule has 2 N–H and O–H groups in total. The van der Waals surface area contributed by atoms with Crippen molar-refractivity contribution in [3.8, 4) is 17.2 Å². The van der Waals surface area contributed by atoms with Gasteiger partial charge in [0.25, 0.3) is 0 Å². The Morgan fingerprint density at radius 3 is 2.69 bits per heavy atom. The van der Waals surface area contributed by atoms with Crippen molar-refractivity contribution in [2.45, 2.75) is 13.5 Å². The largest absolute Gasteiger partial charge is 0.382 e. The monoisotopic (exact) mass is 380 g/mol. The van der Waals surface area contributed by atoms with Crippen molar-refractivity contribution in [2.24, 2.45) is 0 Å². The Balaban J connectivity index is 2.00. The number of hydrogen-bond donors (Lipinski definition) is 1. The minimum absolute atomic E-state index is 0.404. The van der Waals surface area contributed by atoms with Crippen LogP contribution < -0.4 is 5.73 Å². The van der Waals surface area contributed by atoms with E-state index in [0.717, 1.165) is 32.1 Å². The maximum atomic E-state index is 9.03. The van der Waals surface area contributed by atoms with E-state index >= 15 is 0 Å². The predicted octanol–water partition coefficient (Wildman–Crippen LogP) is 5.36. The summed E-state index contributed by atoms with van der Waals surface area (Å²) in [6.07, 6.45) is 3.66. The smallest absolute Gasteiger partial charge is 0.153 e. The fourth-order valence-corrected chi connectivity index (χ4v) is 4.08. The molecule has 0 aliphatic rings. The van der Waals surface area contributed by atoms with Gasteiger partial charge in [-0.05, 0) is 36.2 Å². The van der Waals surface area contributed by atoms with Crippen LogP contribution in [-0.2, 0) is 6.54 Å². The molecule has 0 saturated carbocycles. The Morgan fingerprint density at radius 2 is 2.12 bits per heavy atom. The van der Waals surface area contributed by atoms with Crippen LogP contribution in [-0.4, -0.2) is 9.78 Å². The lowest BCUT2D eigenvalue weighted by Gasteiger charge is -2.05. The molecule has 0 amide bonds. The van der Waals surface area contributed by atoms with Gasteiger partial charge in [0, 0.05) is 21.0 Å². The molecule has 0 bridgehead atoms. The number of nitrogens with zero attached hydrogens (tertiary/aromatic N) is 3. The molecule has 0 radical (unpaired) electrons. The van der Waals surface area contributed by atoms with Crippen molar-refractivity contribution < 1.29 is 0 Å². The van der Waals surface area contributed by atoms with Crippen LogP contribution in [0.1, 0.15) is 26.6 Å². The van der Waals surface area contributed by atoms with Crippen LogP contribution in [0, 0.1) is 18.3 Å². The Morgan fingerprint density at radius 1 is 1.35 bits per heavy atom. The lowest BCUT2D eigenvalue weighted by atomic mass is 10.0. The van der Waals surface area contributed by atoms with Crippen LogP contribution in [0.5, 0.6) is 0 Å². The number of anilines is 1. The van der Waals surface area contributed by atoms with E-state index in [-0.39, 0.29) is 0 Å². The molecule has 4 nitrogen and oxygen atoms in total. The van der Waals surface area contributed by atoms with Gasteiger partial charge in [-0.3, -0.25) is 4.68 Å². The van der Waals surface area contributed by atoms with E-state index in [0.29, 0.717) is 22.9 Å². The number of hydrogen-bond acceptors (Lipinski definition) is 4. The van der Waals surface area contributed by atoms with Crippen molar-refractivity contribution in [2.75, 3.05) is 5.73 Å². The first-order valence-electron chi connectivity index (χ1n) is 7.89. The van der Waals surface area contributed by atoms with Crippen molar-refractivity contribution >= 4 is 40.9 Å². The number of thiophene rings is 1. The van der Waals surface area contributed by atoms with Gasteiger partial charge in [-0.15, -0.1) is 11.3 Å². The van der Waals surface area contributed by atoms with E-state index in [4.69, 9.17) is 22.6 Å². The van der Waals surface area contributed by atoms with Crippen molar-refractivity contribution in [1.82, 2.24) is 9.78 Å². The third kappa shape index (κ3) is 3.17. The minimum Gasteiger partial charge on any atom is -0.382 e. The normalized spacial score (nSPS) is 10.5. The van der Waals surface area contributed by atoms with Gasteiger partial charge in [0.15, 0.2) is 5.82 Å². The standard InChI is InChI=1S/C20H17ClN4S/c1-4-13-8-16(26-18(13)5-2)11-25-12(3)19(20(23)24-25)14-6-7-15(10-22)17(21)9-14/h4-9H,1-2,11H2,3H3,(H2,23,24). The summed E-state index contributed by atoms with van der Waals surface area (Å²) in [4.78, 5) is 2.23. The molecule has 2 aromatic heterocycles. The first kappa shape index (κ1) is 18.0. The second-order valence-corrected chi connectivity index (χ2v) is 7.33. The van der Waals surface area contributed by atoms with Crippen LogP contribution >= 0.6 is 22.9 Å². The quantitative estimate of drug-likeness (QED) is 0.647. The summed E-state index contributed by atoms with van der Waals surface area (Å²) in [5, 5.41) is 13.9. The van der Waals surface area contributed by atoms with E-state index in [9.17, 15) is 0 Å². The van der Waals surface area contributed by atoms with Crippen molar-refractivity contribution in [3.05, 3.63) is 69.0 Å². The summed E-state index contributed by atoms with van der Waals surface area (Å²) in [5.74, 6) is 0.438. The average Bonchev–Trinajstić information content (AvgIpc) is 3.15. The van der Waals surface area contributed by atoms with E-state index in [2.05, 4.69) is 30.4 Å². The number of aromatic nitrogens is 2. The number of nitriles is 1. The van der Waals surface area contributed by atoms with Gasteiger partial charge in [-0.25, -0.2) is 0 Å². The summed E-state index contributed by atoms with van der Waals surface area (Å²) in [7, 11) is 0. The number of nitrogens with two attached hydrogens (primary N) is 1. The minimum atomic E-state index is 0.404. The third-order valence-corrected chi connectivity index (χ3v) is 5.61. The summed E-state index contributed by atoms with van der Waals surface area (Å²) < 4.78 is 1.88. The molecule has 3 rings (SSSR count). The molecule has 3 aromatic rings. The van der Waals surface area contributed by atoms with Crippen molar-refractivity contribution in [1.29, 1.82) is 5.26 Å². The molecule has 1 aromatic carbocycles. The van der Waals surface area contributed by atoms with Gasteiger partial charge in [0.2, 0.25) is 0 Å². The Bertz CT molecular complexity index is 1030. The molecular formula is C20H17ClN4S. The average molecular weight is 381 g/mol. The SMILES string of the molecule is C=Cc1cc(Cn2nc(N)c(-c3ccc(C#N)c(Cl)c3)c2C)sc1C=C. The lowest BCUT2D eigenvalue weighted by Crippen LogP contribution is -2.02. The van der Waals surface area contributed by atoms with E-state index in [1.165, 1.54) is 0 Å². The molecule has 2 heterocycles. The second kappa shape index (κ2) is 7.20. The molecule has 6 heteroatoms. The molecule has 26 heavy (non-hydrogen) atoms. The molecule has 0 fully saturated rings. The number of halogens is 1. The second-order valence-electron chi connectivity index (χ2n) is 5.75. The van der Waals surface area contributed by atoms with E-state index in [1.807, 2.05) is 29.8 Å². The van der Waals surface area contributed by atoms with Crippen LogP contribution in [0.15, 0.2) is 37.4 Å². The zero-order valence-electron chi connectivity index (χ0n) is 14.3. The Labute approximate surface area is 161 Å². The zero-order chi connectivity index (χ0) is 18.8. The highest BCUT2D eigenvalue weighted by Crippen LogP contribution is 2.33. The van der Waals surface area contributed by atoms with Gasteiger partial charge in [-0.1, -0.05) is 43.0 Å². The molecule has 0 unspecified atom stereocenters. The first-order valence-corrected chi connectivity index (χ1v) is 9.08.